The standard InChI is InChI=1S/C27H38N2O5/c1-3-33-26(31)22(14-13-19-9-7-8-10-19)28-18(2)25(30)29-23-15-21(23)16-24(29)27(32)34-17-20-11-5-4-6-12-20/h4-6,11-12,18-19,21-24,28H,3,7-10,13-17H2,1-2H3/t18-,21?,22?,23?,24?/m0/s1. The number of amides is 1. The van der Waals surface area contributed by atoms with Crippen LogP contribution in [0.3, 0.4) is 0 Å². The van der Waals surface area contributed by atoms with Gasteiger partial charge in [0.05, 0.1) is 12.6 Å². The molecule has 1 saturated heterocycles. The fraction of sp³-hybridized carbons (Fsp3) is 0.667. The maximum absolute atomic E-state index is 13.5. The Hall–Kier alpha value is -2.41. The Morgan fingerprint density at radius 1 is 1.09 bits per heavy atom. The van der Waals surface area contributed by atoms with Crippen molar-refractivity contribution in [3.8, 4) is 0 Å². The molecule has 0 spiro atoms. The highest BCUT2D eigenvalue weighted by atomic mass is 16.5. The monoisotopic (exact) mass is 470 g/mol. The van der Waals surface area contributed by atoms with Crippen molar-refractivity contribution in [3.05, 3.63) is 35.9 Å². The van der Waals surface area contributed by atoms with E-state index in [1.165, 1.54) is 25.7 Å². The molecule has 7 nitrogen and oxygen atoms in total. The minimum atomic E-state index is -0.582. The van der Waals surface area contributed by atoms with E-state index in [4.69, 9.17) is 9.47 Å². The summed E-state index contributed by atoms with van der Waals surface area (Å²) in [6, 6.07) is 8.01. The Morgan fingerprint density at radius 2 is 1.82 bits per heavy atom. The molecule has 3 aliphatic rings. The van der Waals surface area contributed by atoms with Crippen LogP contribution in [0.15, 0.2) is 30.3 Å². The van der Waals surface area contributed by atoms with Crippen molar-refractivity contribution < 1.29 is 23.9 Å². The number of rotatable bonds is 11. The second kappa shape index (κ2) is 11.3. The molecule has 1 aliphatic heterocycles. The Morgan fingerprint density at radius 3 is 2.53 bits per heavy atom. The number of fused-ring (bicyclic) bond motifs is 1. The summed E-state index contributed by atoms with van der Waals surface area (Å²) in [5, 5.41) is 3.24. The molecule has 2 aliphatic carbocycles. The highest BCUT2D eigenvalue weighted by Gasteiger charge is 2.57. The zero-order valence-corrected chi connectivity index (χ0v) is 20.4. The molecule has 1 amide bonds. The first kappa shape index (κ1) is 24.7. The molecule has 0 aromatic heterocycles. The van der Waals surface area contributed by atoms with Gasteiger partial charge >= 0.3 is 11.9 Å². The predicted octanol–water partition coefficient (Wildman–Crippen LogP) is 3.60. The third kappa shape index (κ3) is 5.98. The van der Waals surface area contributed by atoms with Gasteiger partial charge in [0.2, 0.25) is 5.91 Å². The molecule has 3 fully saturated rings. The van der Waals surface area contributed by atoms with Crippen LogP contribution in [0.4, 0.5) is 0 Å². The molecular formula is C27H38N2O5. The third-order valence-corrected chi connectivity index (χ3v) is 7.59. The maximum Gasteiger partial charge on any atom is 0.329 e. The fourth-order valence-electron chi connectivity index (χ4n) is 5.62. The second-order valence-corrected chi connectivity index (χ2v) is 10.1. The third-order valence-electron chi connectivity index (χ3n) is 7.59. The summed E-state index contributed by atoms with van der Waals surface area (Å²) in [5.74, 6) is 0.235. The molecule has 34 heavy (non-hydrogen) atoms. The lowest BCUT2D eigenvalue weighted by molar-refractivity contribution is -0.156. The number of carbonyl (C=O) groups is 3. The Bertz CT molecular complexity index is 854. The van der Waals surface area contributed by atoms with Crippen molar-refractivity contribution in [2.45, 2.75) is 96.0 Å². The van der Waals surface area contributed by atoms with E-state index in [2.05, 4.69) is 5.32 Å². The normalized spacial score (nSPS) is 25.5. The van der Waals surface area contributed by atoms with Gasteiger partial charge < -0.3 is 14.4 Å². The summed E-state index contributed by atoms with van der Waals surface area (Å²) in [5.41, 5.74) is 0.923. The molecule has 1 N–H and O–H groups in total. The highest BCUT2D eigenvalue weighted by Crippen LogP contribution is 2.48. The average molecular weight is 471 g/mol. The topological polar surface area (TPSA) is 84.9 Å². The average Bonchev–Trinajstić information content (AvgIpc) is 3.23. The summed E-state index contributed by atoms with van der Waals surface area (Å²) in [7, 11) is 0. The van der Waals surface area contributed by atoms with Crippen molar-refractivity contribution in [2.24, 2.45) is 11.8 Å². The van der Waals surface area contributed by atoms with E-state index < -0.39 is 18.1 Å². The largest absolute Gasteiger partial charge is 0.465 e. The van der Waals surface area contributed by atoms with Crippen molar-refractivity contribution in [1.29, 1.82) is 0 Å². The quantitative estimate of drug-likeness (QED) is 0.498. The van der Waals surface area contributed by atoms with Crippen LogP contribution in [-0.4, -0.2) is 53.5 Å². The van der Waals surface area contributed by atoms with Crippen LogP contribution < -0.4 is 5.32 Å². The van der Waals surface area contributed by atoms with E-state index in [1.54, 1.807) is 18.7 Å². The predicted molar refractivity (Wildman–Crippen MR) is 128 cm³/mol. The number of piperidine rings is 1. The number of ether oxygens (including phenoxy) is 2. The number of benzene rings is 1. The lowest BCUT2D eigenvalue weighted by atomic mass is 9.98. The Balaban J connectivity index is 1.35. The molecule has 1 aromatic rings. The first-order valence-electron chi connectivity index (χ1n) is 12.9. The first-order chi connectivity index (χ1) is 16.5. The molecule has 5 atom stereocenters. The van der Waals surface area contributed by atoms with E-state index >= 15 is 0 Å². The molecule has 4 unspecified atom stereocenters. The van der Waals surface area contributed by atoms with Crippen LogP contribution in [0, 0.1) is 11.8 Å². The maximum atomic E-state index is 13.5. The van der Waals surface area contributed by atoms with E-state index in [0.29, 0.717) is 31.3 Å². The SMILES string of the molecule is CCOC(=O)C(CCC1CCCC1)N[C@@H](C)C(=O)N1C(C(=O)OCc2ccccc2)CC2CC21. The van der Waals surface area contributed by atoms with Crippen molar-refractivity contribution in [3.63, 3.8) is 0 Å². The summed E-state index contributed by atoms with van der Waals surface area (Å²) >= 11 is 0. The van der Waals surface area contributed by atoms with Crippen LogP contribution in [0.1, 0.15) is 70.8 Å². The fourth-order valence-corrected chi connectivity index (χ4v) is 5.62. The van der Waals surface area contributed by atoms with Gasteiger partial charge in [-0.25, -0.2) is 4.79 Å². The Labute approximate surface area is 202 Å². The minimum Gasteiger partial charge on any atom is -0.465 e. The summed E-state index contributed by atoms with van der Waals surface area (Å²) < 4.78 is 10.8. The summed E-state index contributed by atoms with van der Waals surface area (Å²) in [4.78, 5) is 40.7. The van der Waals surface area contributed by atoms with Crippen molar-refractivity contribution >= 4 is 17.8 Å². The number of likely N-dealkylation sites (tertiary alicyclic amines) is 1. The first-order valence-corrected chi connectivity index (χ1v) is 12.9. The van der Waals surface area contributed by atoms with E-state index in [9.17, 15) is 14.4 Å². The van der Waals surface area contributed by atoms with Gasteiger partial charge in [-0.2, -0.15) is 0 Å². The van der Waals surface area contributed by atoms with Crippen LogP contribution in [-0.2, 0) is 30.5 Å². The van der Waals surface area contributed by atoms with Gasteiger partial charge in [-0.05, 0) is 56.9 Å². The lowest BCUT2D eigenvalue weighted by Crippen LogP contribution is -2.54. The minimum absolute atomic E-state index is 0.102. The number of hydrogen-bond acceptors (Lipinski definition) is 6. The highest BCUT2D eigenvalue weighted by molar-refractivity contribution is 5.89. The van der Waals surface area contributed by atoms with E-state index in [-0.39, 0.29) is 30.5 Å². The number of esters is 2. The molecule has 1 heterocycles. The lowest BCUT2D eigenvalue weighted by Gasteiger charge is -2.30. The molecule has 0 bridgehead atoms. The summed E-state index contributed by atoms with van der Waals surface area (Å²) in [6.45, 7) is 4.09. The van der Waals surface area contributed by atoms with Crippen LogP contribution in [0.5, 0.6) is 0 Å². The number of carbonyl (C=O) groups excluding carboxylic acids is 3. The van der Waals surface area contributed by atoms with Crippen molar-refractivity contribution in [2.75, 3.05) is 6.61 Å². The molecule has 0 radical (unpaired) electrons. The number of hydrogen-bond donors (Lipinski definition) is 1. The van der Waals surface area contributed by atoms with Crippen LogP contribution >= 0.6 is 0 Å². The van der Waals surface area contributed by atoms with Gasteiger partial charge in [0.15, 0.2) is 0 Å². The van der Waals surface area contributed by atoms with E-state index in [1.807, 2.05) is 30.3 Å². The molecular weight excluding hydrogens is 432 g/mol. The van der Waals surface area contributed by atoms with Crippen LogP contribution in [0.25, 0.3) is 0 Å². The Kier molecular flexibility index (Phi) is 8.24. The van der Waals surface area contributed by atoms with Gasteiger partial charge in [0.1, 0.15) is 18.7 Å². The van der Waals surface area contributed by atoms with Gasteiger partial charge in [-0.15, -0.1) is 0 Å². The number of nitrogens with zero attached hydrogens (tertiary/aromatic N) is 1. The van der Waals surface area contributed by atoms with Crippen molar-refractivity contribution in [1.82, 2.24) is 10.2 Å². The molecule has 1 aromatic carbocycles. The molecule has 7 heteroatoms. The second-order valence-electron chi connectivity index (χ2n) is 10.1. The van der Waals surface area contributed by atoms with Crippen LogP contribution in [0.2, 0.25) is 0 Å². The van der Waals surface area contributed by atoms with Gasteiger partial charge in [0, 0.05) is 6.04 Å². The molecule has 4 rings (SSSR count). The zero-order chi connectivity index (χ0) is 24.1. The summed E-state index contributed by atoms with van der Waals surface area (Å²) in [6.07, 6.45) is 8.16. The molecule has 186 valence electrons. The van der Waals surface area contributed by atoms with Gasteiger partial charge in [-0.3, -0.25) is 14.9 Å². The molecule has 2 saturated carbocycles. The van der Waals surface area contributed by atoms with Gasteiger partial charge in [0.25, 0.3) is 0 Å². The number of nitrogens with one attached hydrogen (secondary N) is 1. The van der Waals surface area contributed by atoms with E-state index in [0.717, 1.165) is 18.4 Å². The zero-order valence-electron chi connectivity index (χ0n) is 20.4. The smallest absolute Gasteiger partial charge is 0.329 e. The van der Waals surface area contributed by atoms with Gasteiger partial charge in [-0.1, -0.05) is 56.0 Å².